The molecule has 0 radical (unpaired) electrons. The van der Waals surface area contributed by atoms with Crippen LogP contribution in [-0.4, -0.2) is 35.0 Å². The molecule has 0 aromatic carbocycles. The van der Waals surface area contributed by atoms with Crippen LogP contribution in [0.1, 0.15) is 47.0 Å². The van der Waals surface area contributed by atoms with Crippen LogP contribution >= 0.6 is 0 Å². The molecular weight excluding hydrogens is 230 g/mol. The number of likely N-dealkylation sites (tertiary alicyclic amines) is 1. The molecule has 0 aliphatic carbocycles. The first kappa shape index (κ1) is 14.7. The van der Waals surface area contributed by atoms with Crippen molar-refractivity contribution in [2.45, 2.75) is 47.0 Å². The Labute approximate surface area is 109 Å². The van der Waals surface area contributed by atoms with E-state index in [-0.39, 0.29) is 11.5 Å². The Hall–Kier alpha value is -1.32. The van der Waals surface area contributed by atoms with Gasteiger partial charge in [0, 0.05) is 24.2 Å². The van der Waals surface area contributed by atoms with Crippen LogP contribution in [0.15, 0.2) is 11.1 Å². The summed E-state index contributed by atoms with van der Waals surface area (Å²) < 4.78 is 0. The van der Waals surface area contributed by atoms with Crippen LogP contribution in [0.4, 0.5) is 0 Å². The molecule has 0 spiro atoms. The molecule has 0 bridgehead atoms. The summed E-state index contributed by atoms with van der Waals surface area (Å²) in [6.45, 7) is 8.97. The van der Waals surface area contributed by atoms with Crippen LogP contribution in [0.3, 0.4) is 0 Å². The molecule has 1 aliphatic heterocycles. The predicted molar refractivity (Wildman–Crippen MR) is 70.2 cm³/mol. The van der Waals surface area contributed by atoms with E-state index < -0.39 is 5.97 Å². The van der Waals surface area contributed by atoms with Crippen LogP contribution in [0, 0.1) is 5.41 Å². The maximum atomic E-state index is 12.1. The Bertz CT molecular complexity index is 377. The minimum absolute atomic E-state index is 0.131. The van der Waals surface area contributed by atoms with E-state index in [1.807, 2.05) is 0 Å². The van der Waals surface area contributed by atoms with Crippen molar-refractivity contribution in [3.63, 3.8) is 0 Å². The van der Waals surface area contributed by atoms with Gasteiger partial charge in [-0.25, -0.2) is 4.79 Å². The average Bonchev–Trinajstić information content (AvgIpc) is 2.37. The van der Waals surface area contributed by atoms with Gasteiger partial charge in [-0.1, -0.05) is 20.3 Å². The summed E-state index contributed by atoms with van der Waals surface area (Å²) in [5.41, 5.74) is 0.822. The first-order valence-corrected chi connectivity index (χ1v) is 6.51. The van der Waals surface area contributed by atoms with Gasteiger partial charge >= 0.3 is 5.97 Å². The number of hydrogen-bond acceptors (Lipinski definition) is 2. The fourth-order valence-corrected chi connectivity index (χ4v) is 2.16. The molecule has 1 amide bonds. The van der Waals surface area contributed by atoms with E-state index in [2.05, 4.69) is 13.8 Å². The number of rotatable bonds is 3. The standard InChI is InChI=1S/C14H23NO3/c1-5-14(4)6-8-15(9-7-14)12(16)10(2)11(3)13(17)18/h5-9H2,1-4H3,(H,17,18)/b11-10-. The van der Waals surface area contributed by atoms with E-state index in [0.717, 1.165) is 32.4 Å². The van der Waals surface area contributed by atoms with Gasteiger partial charge in [-0.15, -0.1) is 0 Å². The molecule has 0 saturated carbocycles. The molecular formula is C14H23NO3. The minimum atomic E-state index is -1.02. The lowest BCUT2D eigenvalue weighted by Crippen LogP contribution is -2.42. The highest BCUT2D eigenvalue weighted by Gasteiger charge is 2.31. The zero-order valence-corrected chi connectivity index (χ0v) is 11.7. The third kappa shape index (κ3) is 3.12. The van der Waals surface area contributed by atoms with Crippen molar-refractivity contribution < 1.29 is 14.7 Å². The second-order valence-electron chi connectivity index (χ2n) is 5.51. The summed E-state index contributed by atoms with van der Waals surface area (Å²) in [5.74, 6) is -1.15. The van der Waals surface area contributed by atoms with E-state index in [0.29, 0.717) is 11.0 Å². The van der Waals surface area contributed by atoms with Crippen molar-refractivity contribution in [1.82, 2.24) is 4.90 Å². The fourth-order valence-electron chi connectivity index (χ4n) is 2.16. The van der Waals surface area contributed by atoms with Gasteiger partial charge in [0.25, 0.3) is 0 Å². The Balaban J connectivity index is 2.72. The van der Waals surface area contributed by atoms with Gasteiger partial charge in [0.1, 0.15) is 0 Å². The number of carbonyl (C=O) groups excluding carboxylic acids is 1. The number of piperidine rings is 1. The quantitative estimate of drug-likeness (QED) is 0.786. The zero-order chi connectivity index (χ0) is 13.9. The van der Waals surface area contributed by atoms with Crippen molar-refractivity contribution >= 4 is 11.9 Å². The first-order chi connectivity index (χ1) is 8.30. The molecule has 1 rings (SSSR count). The predicted octanol–water partition coefficient (Wildman–Crippen LogP) is 2.45. The summed E-state index contributed by atoms with van der Waals surface area (Å²) >= 11 is 0. The highest BCUT2D eigenvalue weighted by atomic mass is 16.4. The highest BCUT2D eigenvalue weighted by Crippen LogP contribution is 2.34. The van der Waals surface area contributed by atoms with E-state index in [9.17, 15) is 9.59 Å². The molecule has 18 heavy (non-hydrogen) atoms. The van der Waals surface area contributed by atoms with Crippen LogP contribution < -0.4 is 0 Å². The molecule has 1 fully saturated rings. The van der Waals surface area contributed by atoms with Crippen molar-refractivity contribution in [2.24, 2.45) is 5.41 Å². The number of hydrogen-bond donors (Lipinski definition) is 1. The molecule has 1 heterocycles. The molecule has 0 atom stereocenters. The molecule has 102 valence electrons. The lowest BCUT2D eigenvalue weighted by atomic mass is 9.78. The topological polar surface area (TPSA) is 57.6 Å². The normalized spacial score (nSPS) is 20.3. The number of nitrogens with zero attached hydrogens (tertiary/aromatic N) is 1. The second kappa shape index (κ2) is 5.55. The van der Waals surface area contributed by atoms with Gasteiger partial charge in [0.2, 0.25) is 5.91 Å². The van der Waals surface area contributed by atoms with E-state index >= 15 is 0 Å². The van der Waals surface area contributed by atoms with Gasteiger partial charge in [0.15, 0.2) is 0 Å². The summed E-state index contributed by atoms with van der Waals surface area (Å²) in [4.78, 5) is 24.8. The van der Waals surface area contributed by atoms with Crippen LogP contribution in [-0.2, 0) is 9.59 Å². The lowest BCUT2D eigenvalue weighted by molar-refractivity contribution is -0.134. The lowest BCUT2D eigenvalue weighted by Gasteiger charge is -2.39. The van der Waals surface area contributed by atoms with Gasteiger partial charge in [-0.3, -0.25) is 4.79 Å². The summed E-state index contributed by atoms with van der Waals surface area (Å²) in [6.07, 6.45) is 3.11. The van der Waals surface area contributed by atoms with Gasteiger partial charge < -0.3 is 10.0 Å². The van der Waals surface area contributed by atoms with Crippen molar-refractivity contribution in [2.75, 3.05) is 13.1 Å². The highest BCUT2D eigenvalue weighted by molar-refractivity contribution is 6.01. The van der Waals surface area contributed by atoms with Gasteiger partial charge in [-0.2, -0.15) is 0 Å². The van der Waals surface area contributed by atoms with E-state index in [1.165, 1.54) is 6.92 Å². The Kier molecular flexibility index (Phi) is 4.54. The molecule has 1 saturated heterocycles. The Morgan fingerprint density at radius 1 is 1.17 bits per heavy atom. The van der Waals surface area contributed by atoms with Crippen LogP contribution in [0.25, 0.3) is 0 Å². The fraction of sp³-hybridized carbons (Fsp3) is 0.714. The molecule has 0 unspecified atom stereocenters. The summed E-state index contributed by atoms with van der Waals surface area (Å²) in [7, 11) is 0. The number of carbonyl (C=O) groups is 2. The monoisotopic (exact) mass is 253 g/mol. The van der Waals surface area contributed by atoms with Gasteiger partial charge in [-0.05, 0) is 32.1 Å². The second-order valence-corrected chi connectivity index (χ2v) is 5.51. The average molecular weight is 253 g/mol. The Morgan fingerprint density at radius 2 is 1.67 bits per heavy atom. The third-order valence-corrected chi connectivity index (χ3v) is 4.32. The molecule has 4 nitrogen and oxygen atoms in total. The third-order valence-electron chi connectivity index (χ3n) is 4.32. The number of carboxylic acid groups (broad SMARTS) is 1. The zero-order valence-electron chi connectivity index (χ0n) is 11.7. The SMILES string of the molecule is CCC1(C)CCN(C(=O)/C(C)=C(/C)C(=O)O)CC1. The van der Waals surface area contributed by atoms with E-state index in [1.54, 1.807) is 11.8 Å². The molecule has 0 aromatic rings. The number of aliphatic carboxylic acids is 1. The maximum Gasteiger partial charge on any atom is 0.331 e. The Morgan fingerprint density at radius 3 is 2.06 bits per heavy atom. The van der Waals surface area contributed by atoms with Crippen LogP contribution in [0.2, 0.25) is 0 Å². The molecule has 0 aromatic heterocycles. The summed E-state index contributed by atoms with van der Waals surface area (Å²) in [6, 6.07) is 0. The number of amides is 1. The first-order valence-electron chi connectivity index (χ1n) is 6.51. The maximum absolute atomic E-state index is 12.1. The number of carboxylic acids is 1. The van der Waals surface area contributed by atoms with Gasteiger partial charge in [0.05, 0.1) is 0 Å². The van der Waals surface area contributed by atoms with Crippen molar-refractivity contribution in [3.05, 3.63) is 11.1 Å². The largest absolute Gasteiger partial charge is 0.478 e. The minimum Gasteiger partial charge on any atom is -0.478 e. The van der Waals surface area contributed by atoms with E-state index in [4.69, 9.17) is 5.11 Å². The van der Waals surface area contributed by atoms with Crippen molar-refractivity contribution in [1.29, 1.82) is 0 Å². The summed E-state index contributed by atoms with van der Waals surface area (Å²) in [5, 5.41) is 8.89. The van der Waals surface area contributed by atoms with Crippen molar-refractivity contribution in [3.8, 4) is 0 Å². The molecule has 1 aliphatic rings. The molecule has 4 heteroatoms. The smallest absolute Gasteiger partial charge is 0.331 e. The van der Waals surface area contributed by atoms with Crippen LogP contribution in [0.5, 0.6) is 0 Å². The molecule has 1 N–H and O–H groups in total.